The monoisotopic (exact) mass is 869 g/mol. The Kier molecular flexibility index (Phi) is 10.1. The number of ether oxygens (including phenoxy) is 2. The lowest BCUT2D eigenvalue weighted by Gasteiger charge is -2.44. The highest BCUT2D eigenvalue weighted by Crippen LogP contribution is 2.50. The highest BCUT2D eigenvalue weighted by atomic mass is 127. The van der Waals surface area contributed by atoms with E-state index < -0.39 is 17.8 Å². The molecule has 0 saturated carbocycles. The fraction of sp³-hybridized carbons (Fsp3) is 0.186. The molecule has 8 rings (SSSR count). The number of anilines is 2. The van der Waals surface area contributed by atoms with Gasteiger partial charge in [0.15, 0.2) is 11.5 Å². The Morgan fingerprint density at radius 2 is 1.46 bits per heavy atom. The number of benzene rings is 5. The molecule has 1 saturated heterocycles. The molecule has 3 aliphatic rings. The van der Waals surface area contributed by atoms with Crippen LogP contribution in [-0.2, 0) is 16.2 Å². The van der Waals surface area contributed by atoms with Gasteiger partial charge >= 0.3 is 6.03 Å². The van der Waals surface area contributed by atoms with Crippen LogP contribution in [0.15, 0.2) is 109 Å². The molecular formula is C43H34Cl2IN3O5. The standard InChI is InChI=1S/C43H34Cl2IN3O5/c1-53-38-20-25(19-37(46)40(38)54-24-28-12-13-29(44)21-36(28)45)18-35-41(50)47-43(52)49(42(35)51)30-22-33-31(26-8-4-2-5-9-26)14-16-48-17-15-32(34(23-30)39(33)48)27-10-6-3-7-11-27/h2-13,18-23,31-32H,14-17,24H2,1H3,(H,47,50,52)/b35-18+/t31-,32-/m0/s1. The Labute approximate surface area is 336 Å². The lowest BCUT2D eigenvalue weighted by Crippen LogP contribution is -2.54. The van der Waals surface area contributed by atoms with Crippen LogP contribution in [-0.4, -0.2) is 38.0 Å². The van der Waals surface area contributed by atoms with E-state index in [-0.39, 0.29) is 24.0 Å². The molecule has 0 radical (unpaired) electrons. The second kappa shape index (κ2) is 15.1. The Morgan fingerprint density at radius 3 is 2.06 bits per heavy atom. The first kappa shape index (κ1) is 36.2. The minimum Gasteiger partial charge on any atom is -0.493 e. The van der Waals surface area contributed by atoms with Crippen LogP contribution in [0.3, 0.4) is 0 Å². The minimum atomic E-state index is -0.790. The average Bonchev–Trinajstić information content (AvgIpc) is 3.17. The van der Waals surface area contributed by atoms with Gasteiger partial charge in [0.25, 0.3) is 11.8 Å². The number of hydrogen-bond acceptors (Lipinski definition) is 6. The molecule has 2 atom stereocenters. The van der Waals surface area contributed by atoms with Crippen LogP contribution < -0.4 is 24.6 Å². The summed E-state index contributed by atoms with van der Waals surface area (Å²) < 4.78 is 12.5. The Hall–Kier alpha value is -4.84. The summed E-state index contributed by atoms with van der Waals surface area (Å²) in [5.41, 5.74) is 7.16. The molecule has 5 aromatic rings. The molecule has 3 heterocycles. The molecule has 272 valence electrons. The fourth-order valence-corrected chi connectivity index (χ4v) is 9.02. The Bertz CT molecular complexity index is 2260. The number of imide groups is 2. The van der Waals surface area contributed by atoms with Crippen molar-refractivity contribution in [2.75, 3.05) is 30.0 Å². The minimum absolute atomic E-state index is 0.0660. The number of nitrogens with one attached hydrogen (secondary N) is 1. The van der Waals surface area contributed by atoms with Crippen molar-refractivity contribution in [3.63, 3.8) is 0 Å². The summed E-state index contributed by atoms with van der Waals surface area (Å²) in [6, 6.07) is 32.5. The maximum absolute atomic E-state index is 14.4. The van der Waals surface area contributed by atoms with Gasteiger partial charge in [-0.2, -0.15) is 0 Å². The van der Waals surface area contributed by atoms with Crippen LogP contribution in [0, 0.1) is 3.57 Å². The molecule has 0 aliphatic carbocycles. The summed E-state index contributed by atoms with van der Waals surface area (Å²) >= 11 is 14.5. The van der Waals surface area contributed by atoms with E-state index in [0.29, 0.717) is 36.4 Å². The molecule has 54 heavy (non-hydrogen) atoms. The van der Waals surface area contributed by atoms with E-state index in [1.54, 1.807) is 30.3 Å². The highest BCUT2D eigenvalue weighted by Gasteiger charge is 2.40. The summed E-state index contributed by atoms with van der Waals surface area (Å²) in [5.74, 6) is -0.484. The van der Waals surface area contributed by atoms with Crippen molar-refractivity contribution in [2.24, 2.45) is 0 Å². The number of amides is 4. The summed E-state index contributed by atoms with van der Waals surface area (Å²) in [5, 5.41) is 3.43. The van der Waals surface area contributed by atoms with E-state index in [0.717, 1.165) is 53.2 Å². The highest BCUT2D eigenvalue weighted by molar-refractivity contribution is 14.1. The zero-order chi connectivity index (χ0) is 37.5. The summed E-state index contributed by atoms with van der Waals surface area (Å²) in [7, 11) is 1.51. The van der Waals surface area contributed by atoms with E-state index in [2.05, 4.69) is 57.1 Å². The molecule has 3 aliphatic heterocycles. The molecule has 5 aromatic carbocycles. The van der Waals surface area contributed by atoms with Gasteiger partial charge in [-0.25, -0.2) is 9.69 Å². The van der Waals surface area contributed by atoms with Gasteiger partial charge in [-0.3, -0.25) is 14.9 Å². The summed E-state index contributed by atoms with van der Waals surface area (Å²) in [4.78, 5) is 45.0. The predicted molar refractivity (Wildman–Crippen MR) is 220 cm³/mol. The van der Waals surface area contributed by atoms with Gasteiger partial charge in [-0.05, 0) is 106 Å². The first-order chi connectivity index (χ1) is 26.2. The average molecular weight is 871 g/mol. The SMILES string of the molecule is COc1cc(/C=C2\C(=O)NC(=O)N(c3cc4c5c(c3)[C@H](c3ccccc3)CCN5CC[C@H]4c3ccccc3)C2=O)cc(I)c1OCc1ccc(Cl)cc1Cl. The van der Waals surface area contributed by atoms with E-state index in [1.165, 1.54) is 24.3 Å². The molecule has 1 fully saturated rings. The lowest BCUT2D eigenvalue weighted by molar-refractivity contribution is -0.122. The second-order valence-corrected chi connectivity index (χ2v) is 15.5. The number of methoxy groups -OCH3 is 1. The maximum atomic E-state index is 14.4. The first-order valence-corrected chi connectivity index (χ1v) is 19.4. The molecule has 0 aromatic heterocycles. The molecule has 0 bridgehead atoms. The van der Waals surface area contributed by atoms with Gasteiger partial charge in [-0.1, -0.05) is 89.9 Å². The molecule has 1 N–H and O–H groups in total. The zero-order valence-corrected chi connectivity index (χ0v) is 32.8. The number of hydrogen-bond donors (Lipinski definition) is 1. The van der Waals surface area contributed by atoms with Crippen LogP contribution in [0.5, 0.6) is 11.5 Å². The number of halogens is 3. The van der Waals surface area contributed by atoms with Crippen molar-refractivity contribution in [2.45, 2.75) is 31.3 Å². The predicted octanol–water partition coefficient (Wildman–Crippen LogP) is 9.73. The van der Waals surface area contributed by atoms with E-state index >= 15 is 0 Å². The van der Waals surface area contributed by atoms with Crippen molar-refractivity contribution in [1.82, 2.24) is 5.32 Å². The third-order valence-corrected chi connectivity index (χ3v) is 11.7. The fourth-order valence-electron chi connectivity index (χ4n) is 7.78. The van der Waals surface area contributed by atoms with Gasteiger partial charge in [0, 0.05) is 46.2 Å². The van der Waals surface area contributed by atoms with Crippen molar-refractivity contribution in [1.29, 1.82) is 0 Å². The number of nitrogens with zero attached hydrogens (tertiary/aromatic N) is 2. The normalized spacial score (nSPS) is 18.7. The number of carbonyl (C=O) groups is 3. The number of rotatable bonds is 8. The van der Waals surface area contributed by atoms with Crippen LogP contribution in [0.2, 0.25) is 10.0 Å². The third-order valence-electron chi connectivity index (χ3n) is 10.3. The zero-order valence-electron chi connectivity index (χ0n) is 29.2. The quantitative estimate of drug-likeness (QED) is 0.0950. The van der Waals surface area contributed by atoms with Crippen molar-refractivity contribution in [3.8, 4) is 11.5 Å². The van der Waals surface area contributed by atoms with Crippen molar-refractivity contribution < 1.29 is 23.9 Å². The Balaban J connectivity index is 1.18. The Morgan fingerprint density at radius 1 is 0.833 bits per heavy atom. The van der Waals surface area contributed by atoms with Crippen molar-refractivity contribution in [3.05, 3.63) is 156 Å². The number of barbiturate groups is 1. The largest absolute Gasteiger partial charge is 0.493 e. The lowest BCUT2D eigenvalue weighted by atomic mass is 9.76. The van der Waals surface area contributed by atoms with Crippen molar-refractivity contribution >= 4 is 81.1 Å². The van der Waals surface area contributed by atoms with Crippen LogP contribution in [0.1, 0.15) is 58.1 Å². The second-order valence-electron chi connectivity index (χ2n) is 13.5. The molecule has 8 nitrogen and oxygen atoms in total. The van der Waals surface area contributed by atoms with Gasteiger partial charge in [0.1, 0.15) is 12.2 Å². The van der Waals surface area contributed by atoms with Gasteiger partial charge < -0.3 is 14.4 Å². The molecular weight excluding hydrogens is 836 g/mol. The third kappa shape index (κ3) is 6.85. The number of urea groups is 1. The molecule has 0 spiro atoms. The topological polar surface area (TPSA) is 88.2 Å². The summed E-state index contributed by atoms with van der Waals surface area (Å²) in [6.45, 7) is 1.98. The molecule has 11 heteroatoms. The smallest absolute Gasteiger partial charge is 0.335 e. The van der Waals surface area contributed by atoms with E-state index in [1.807, 2.05) is 48.5 Å². The van der Waals surface area contributed by atoms with Gasteiger partial charge in [-0.15, -0.1) is 0 Å². The molecule has 4 amide bonds. The molecule has 0 unspecified atom stereocenters. The van der Waals surface area contributed by atoms with Gasteiger partial charge in [0.2, 0.25) is 0 Å². The van der Waals surface area contributed by atoms with Crippen LogP contribution in [0.25, 0.3) is 6.08 Å². The van der Waals surface area contributed by atoms with E-state index in [9.17, 15) is 14.4 Å². The van der Waals surface area contributed by atoms with E-state index in [4.69, 9.17) is 32.7 Å². The van der Waals surface area contributed by atoms with Crippen LogP contribution in [0.4, 0.5) is 16.2 Å². The maximum Gasteiger partial charge on any atom is 0.335 e. The summed E-state index contributed by atoms with van der Waals surface area (Å²) in [6.07, 6.45) is 3.27. The first-order valence-electron chi connectivity index (χ1n) is 17.6. The van der Waals surface area contributed by atoms with Gasteiger partial charge in [0.05, 0.1) is 16.4 Å². The number of carbonyl (C=O) groups excluding carboxylic acids is 3. The van der Waals surface area contributed by atoms with Crippen LogP contribution >= 0.6 is 45.8 Å².